The van der Waals surface area contributed by atoms with Crippen molar-refractivity contribution in [2.24, 2.45) is 0 Å². The molecule has 1 unspecified atom stereocenters. The van der Waals surface area contributed by atoms with E-state index in [1.165, 1.54) is 19.2 Å². The highest BCUT2D eigenvalue weighted by Gasteiger charge is 2.21. The summed E-state index contributed by atoms with van der Waals surface area (Å²) in [5.74, 6) is -0.989. The van der Waals surface area contributed by atoms with Gasteiger partial charge in [0.25, 0.3) is 0 Å². The lowest BCUT2D eigenvalue weighted by molar-refractivity contribution is -0.143. The number of halogens is 2. The zero-order chi connectivity index (χ0) is 12.8. The Hall–Kier alpha value is -1.13. The molecule has 0 bridgehead atoms. The van der Waals surface area contributed by atoms with E-state index >= 15 is 0 Å². The fraction of sp³-hybridized carbons (Fsp3) is 0.417. The molecule has 1 atom stereocenters. The van der Waals surface area contributed by atoms with Crippen LogP contribution >= 0.6 is 11.6 Å². The topological polar surface area (TPSA) is 38.3 Å². The summed E-state index contributed by atoms with van der Waals surface area (Å²) in [7, 11) is 1.30. The van der Waals surface area contributed by atoms with Crippen LogP contribution in [0.1, 0.15) is 24.9 Å². The van der Waals surface area contributed by atoms with Crippen LogP contribution in [0, 0.1) is 5.82 Å². The van der Waals surface area contributed by atoms with E-state index in [4.69, 9.17) is 11.6 Å². The van der Waals surface area contributed by atoms with Crippen LogP contribution in [0.2, 0.25) is 5.02 Å². The van der Waals surface area contributed by atoms with E-state index in [2.05, 4.69) is 10.1 Å². The number of benzene rings is 1. The van der Waals surface area contributed by atoms with Gasteiger partial charge in [-0.25, -0.2) is 9.18 Å². The summed E-state index contributed by atoms with van der Waals surface area (Å²) >= 11 is 5.59. The van der Waals surface area contributed by atoms with Gasteiger partial charge < -0.3 is 10.1 Å². The van der Waals surface area contributed by atoms with Gasteiger partial charge in [0.15, 0.2) is 0 Å². The largest absolute Gasteiger partial charge is 0.468 e. The Balaban J connectivity index is 2.95. The number of hydrogen-bond donors (Lipinski definition) is 1. The maximum Gasteiger partial charge on any atom is 0.327 e. The fourth-order valence-corrected chi connectivity index (χ4v) is 1.55. The first-order valence-electron chi connectivity index (χ1n) is 5.36. The molecule has 3 nitrogen and oxygen atoms in total. The number of hydrogen-bond acceptors (Lipinski definition) is 3. The second kappa shape index (κ2) is 6.57. The monoisotopic (exact) mass is 259 g/mol. The average molecular weight is 260 g/mol. The summed E-state index contributed by atoms with van der Waals surface area (Å²) in [4.78, 5) is 11.6. The van der Waals surface area contributed by atoms with E-state index in [0.717, 1.165) is 6.42 Å². The van der Waals surface area contributed by atoms with Crippen molar-refractivity contribution in [2.45, 2.75) is 19.4 Å². The lowest BCUT2D eigenvalue weighted by Crippen LogP contribution is -2.30. The van der Waals surface area contributed by atoms with Crippen molar-refractivity contribution in [3.05, 3.63) is 34.6 Å². The summed E-state index contributed by atoms with van der Waals surface area (Å²) in [6, 6.07) is 3.62. The molecule has 1 N–H and O–H groups in total. The highest BCUT2D eigenvalue weighted by Crippen LogP contribution is 2.21. The van der Waals surface area contributed by atoms with Gasteiger partial charge in [-0.3, -0.25) is 0 Å². The van der Waals surface area contributed by atoms with Gasteiger partial charge in [0.2, 0.25) is 0 Å². The van der Waals surface area contributed by atoms with Crippen molar-refractivity contribution in [1.29, 1.82) is 0 Å². The van der Waals surface area contributed by atoms with E-state index in [0.29, 0.717) is 12.1 Å². The zero-order valence-corrected chi connectivity index (χ0v) is 10.6. The molecule has 1 rings (SSSR count). The number of carbonyl (C=O) groups is 1. The van der Waals surface area contributed by atoms with E-state index in [1.807, 2.05) is 6.92 Å². The van der Waals surface area contributed by atoms with Crippen LogP contribution in [0.15, 0.2) is 18.2 Å². The SMILES string of the molecule is CCCNC(C(=O)OC)c1ccc(Cl)c(F)c1. The molecule has 0 amide bonds. The summed E-state index contributed by atoms with van der Waals surface area (Å²) in [5, 5.41) is 3.03. The van der Waals surface area contributed by atoms with Crippen LogP contribution in [0.5, 0.6) is 0 Å². The third-order valence-electron chi connectivity index (χ3n) is 2.31. The zero-order valence-electron chi connectivity index (χ0n) is 9.80. The Morgan fingerprint density at radius 2 is 2.29 bits per heavy atom. The molecule has 1 aromatic carbocycles. The molecule has 0 fully saturated rings. The molecule has 0 saturated carbocycles. The van der Waals surface area contributed by atoms with E-state index in [-0.39, 0.29) is 5.02 Å². The lowest BCUT2D eigenvalue weighted by atomic mass is 10.1. The van der Waals surface area contributed by atoms with Crippen molar-refractivity contribution in [1.82, 2.24) is 5.32 Å². The minimum atomic E-state index is -0.660. The fourth-order valence-electron chi connectivity index (χ4n) is 1.44. The van der Waals surface area contributed by atoms with Crippen molar-refractivity contribution in [3.8, 4) is 0 Å². The first-order chi connectivity index (χ1) is 8.10. The minimum Gasteiger partial charge on any atom is -0.468 e. The second-order valence-electron chi connectivity index (χ2n) is 3.58. The Morgan fingerprint density at radius 3 is 2.82 bits per heavy atom. The number of esters is 1. The van der Waals surface area contributed by atoms with Crippen LogP contribution in [0.25, 0.3) is 0 Å². The lowest BCUT2D eigenvalue weighted by Gasteiger charge is -2.16. The molecule has 0 heterocycles. The third-order valence-corrected chi connectivity index (χ3v) is 2.62. The molecule has 0 aliphatic heterocycles. The van der Waals surface area contributed by atoms with E-state index < -0.39 is 17.8 Å². The summed E-state index contributed by atoms with van der Waals surface area (Å²) in [6.45, 7) is 2.62. The minimum absolute atomic E-state index is 0.0351. The molecule has 0 aromatic heterocycles. The summed E-state index contributed by atoms with van der Waals surface area (Å²) < 4.78 is 18.0. The van der Waals surface area contributed by atoms with Gasteiger partial charge in [-0.05, 0) is 30.7 Å². The predicted octanol–water partition coefficient (Wildman–Crippen LogP) is 2.69. The number of carbonyl (C=O) groups excluding carboxylic acids is 1. The van der Waals surface area contributed by atoms with Gasteiger partial charge in [0.1, 0.15) is 11.9 Å². The average Bonchev–Trinajstić information content (AvgIpc) is 2.33. The van der Waals surface area contributed by atoms with Gasteiger partial charge in [-0.15, -0.1) is 0 Å². The Labute approximate surface area is 105 Å². The maximum atomic E-state index is 13.3. The van der Waals surface area contributed by atoms with E-state index in [1.54, 1.807) is 6.07 Å². The first kappa shape index (κ1) is 13.9. The molecule has 1 aromatic rings. The van der Waals surface area contributed by atoms with Crippen LogP contribution in [0.3, 0.4) is 0 Å². The van der Waals surface area contributed by atoms with E-state index in [9.17, 15) is 9.18 Å². The molecule has 0 aliphatic carbocycles. The highest BCUT2D eigenvalue weighted by molar-refractivity contribution is 6.30. The molecular weight excluding hydrogens is 245 g/mol. The summed E-state index contributed by atoms with van der Waals surface area (Å²) in [5.41, 5.74) is 0.507. The third kappa shape index (κ3) is 3.68. The smallest absolute Gasteiger partial charge is 0.327 e. The van der Waals surface area contributed by atoms with Gasteiger partial charge in [0, 0.05) is 0 Å². The molecule has 0 radical (unpaired) electrons. The number of ether oxygens (including phenoxy) is 1. The molecule has 0 aliphatic rings. The standard InChI is InChI=1S/C12H15ClFNO2/c1-3-6-15-11(12(16)17-2)8-4-5-9(13)10(14)7-8/h4-5,7,11,15H,3,6H2,1-2H3. The number of rotatable bonds is 5. The van der Waals surface area contributed by atoms with Crippen LogP contribution in [0.4, 0.5) is 4.39 Å². The Kier molecular flexibility index (Phi) is 5.38. The van der Waals surface area contributed by atoms with Crippen molar-refractivity contribution >= 4 is 17.6 Å². The van der Waals surface area contributed by atoms with Gasteiger partial charge in [-0.2, -0.15) is 0 Å². The summed E-state index contributed by atoms with van der Waals surface area (Å²) in [6.07, 6.45) is 0.865. The quantitative estimate of drug-likeness (QED) is 0.827. The van der Waals surface area contributed by atoms with Crippen molar-refractivity contribution in [3.63, 3.8) is 0 Å². The molecule has 17 heavy (non-hydrogen) atoms. The maximum absolute atomic E-state index is 13.3. The van der Waals surface area contributed by atoms with Crippen LogP contribution < -0.4 is 5.32 Å². The Bertz CT molecular complexity index is 398. The van der Waals surface area contributed by atoms with Gasteiger partial charge in [-0.1, -0.05) is 24.6 Å². The van der Waals surface area contributed by atoms with Gasteiger partial charge >= 0.3 is 5.97 Å². The van der Waals surface area contributed by atoms with Crippen molar-refractivity contribution < 1.29 is 13.9 Å². The van der Waals surface area contributed by atoms with Crippen LogP contribution in [-0.2, 0) is 9.53 Å². The number of nitrogens with one attached hydrogen (secondary N) is 1. The molecule has 0 spiro atoms. The highest BCUT2D eigenvalue weighted by atomic mass is 35.5. The number of methoxy groups -OCH3 is 1. The molecule has 0 saturated heterocycles. The molecular formula is C12H15ClFNO2. The first-order valence-corrected chi connectivity index (χ1v) is 5.74. The molecule has 94 valence electrons. The Morgan fingerprint density at radius 1 is 1.59 bits per heavy atom. The normalized spacial score (nSPS) is 12.2. The molecule has 5 heteroatoms. The predicted molar refractivity (Wildman–Crippen MR) is 64.5 cm³/mol. The second-order valence-corrected chi connectivity index (χ2v) is 3.99. The van der Waals surface area contributed by atoms with Crippen LogP contribution in [-0.4, -0.2) is 19.6 Å². The van der Waals surface area contributed by atoms with Gasteiger partial charge in [0.05, 0.1) is 12.1 Å². The van der Waals surface area contributed by atoms with Crippen molar-refractivity contribution in [2.75, 3.05) is 13.7 Å².